The molecule has 0 fully saturated rings. The maximum Gasteiger partial charge on any atom is 0.306 e. The second kappa shape index (κ2) is 58.8. The molecule has 0 saturated carbocycles. The molecule has 0 aliphatic heterocycles. The minimum Gasteiger partial charge on any atom is -0.462 e. The number of aliphatic hydroxyl groups excluding tert-OH is 1. The van der Waals surface area contributed by atoms with Crippen LogP contribution in [-0.4, -0.2) is 36.4 Å². The molecule has 5 heteroatoms. The van der Waals surface area contributed by atoms with E-state index in [1.165, 1.54) is 57.8 Å². The van der Waals surface area contributed by atoms with Gasteiger partial charge in [-0.2, -0.15) is 0 Å². The highest BCUT2D eigenvalue weighted by Crippen LogP contribution is 2.14. The Balaban J connectivity index is 3.62. The van der Waals surface area contributed by atoms with Gasteiger partial charge < -0.3 is 14.6 Å². The predicted molar refractivity (Wildman–Crippen MR) is 306 cm³/mol. The number of hydrogen-bond acceptors (Lipinski definition) is 5. The topological polar surface area (TPSA) is 72.8 Å². The third-order valence-corrected chi connectivity index (χ3v) is 11.3. The van der Waals surface area contributed by atoms with Crippen LogP contribution in [0.5, 0.6) is 0 Å². The van der Waals surface area contributed by atoms with Gasteiger partial charge in [0.15, 0.2) is 6.10 Å². The Morgan fingerprint density at radius 3 is 0.857 bits per heavy atom. The number of carbonyl (C=O) groups excluding carboxylic acids is 2. The van der Waals surface area contributed by atoms with E-state index in [9.17, 15) is 14.7 Å². The van der Waals surface area contributed by atoms with Gasteiger partial charge in [0.1, 0.15) is 6.61 Å². The molecule has 392 valence electrons. The Bertz CT molecular complexity index is 1560. The van der Waals surface area contributed by atoms with Crippen molar-refractivity contribution in [2.45, 2.75) is 225 Å². The number of ether oxygens (including phenoxy) is 2. The molecule has 0 amide bonds. The Morgan fingerprint density at radius 1 is 0.329 bits per heavy atom. The van der Waals surface area contributed by atoms with Crippen molar-refractivity contribution in [1.82, 2.24) is 0 Å². The van der Waals surface area contributed by atoms with Gasteiger partial charge in [-0.05, 0) is 122 Å². The highest BCUT2D eigenvalue weighted by atomic mass is 16.6. The molecule has 0 rings (SSSR count). The fourth-order valence-corrected chi connectivity index (χ4v) is 7.18. The SMILES string of the molecule is CC/C=C\C/C=C\C/C=C\C/C=C\C/C=C\C/C=C\C/C=C\C/C=C\C/C=C\CCCCCCCCCCCC(=O)OC(CO)COC(=O)CCCCCCCC/C=C\C/C=C\C/C=C\C/C=C\CC. The molecule has 1 N–H and O–H groups in total. The van der Waals surface area contributed by atoms with E-state index in [1.807, 2.05) is 0 Å². The van der Waals surface area contributed by atoms with E-state index in [1.54, 1.807) is 0 Å². The minimum atomic E-state index is -0.794. The lowest BCUT2D eigenvalue weighted by Crippen LogP contribution is -2.28. The molecule has 0 radical (unpaired) electrons. The van der Waals surface area contributed by atoms with Gasteiger partial charge in [-0.25, -0.2) is 0 Å². The molecule has 0 aliphatic rings. The van der Waals surface area contributed by atoms with Crippen molar-refractivity contribution in [1.29, 1.82) is 0 Å². The van der Waals surface area contributed by atoms with Gasteiger partial charge >= 0.3 is 11.9 Å². The summed E-state index contributed by atoms with van der Waals surface area (Å²) < 4.78 is 10.7. The largest absolute Gasteiger partial charge is 0.462 e. The summed E-state index contributed by atoms with van der Waals surface area (Å²) in [5.74, 6) is -0.625. The van der Waals surface area contributed by atoms with Gasteiger partial charge in [0.2, 0.25) is 0 Å². The Kier molecular flexibility index (Phi) is 55.1. The van der Waals surface area contributed by atoms with Crippen molar-refractivity contribution in [3.8, 4) is 0 Å². The number of rotatable bonds is 49. The quantitative estimate of drug-likeness (QED) is 0.0374. The van der Waals surface area contributed by atoms with Gasteiger partial charge in [0, 0.05) is 12.8 Å². The number of carbonyl (C=O) groups is 2. The van der Waals surface area contributed by atoms with Crippen LogP contribution in [0.4, 0.5) is 0 Å². The molecule has 0 aliphatic carbocycles. The zero-order chi connectivity index (χ0) is 50.6. The third kappa shape index (κ3) is 56.1. The number of esters is 2. The smallest absolute Gasteiger partial charge is 0.306 e. The normalized spacial score (nSPS) is 13.5. The van der Waals surface area contributed by atoms with Gasteiger partial charge in [0.05, 0.1) is 6.61 Å². The molecule has 0 saturated heterocycles. The van der Waals surface area contributed by atoms with Crippen molar-refractivity contribution < 1.29 is 24.2 Å². The van der Waals surface area contributed by atoms with Crippen LogP contribution in [0.3, 0.4) is 0 Å². The lowest BCUT2D eigenvalue weighted by atomic mass is 10.1. The van der Waals surface area contributed by atoms with Gasteiger partial charge in [-0.15, -0.1) is 0 Å². The van der Waals surface area contributed by atoms with Crippen LogP contribution in [0.15, 0.2) is 158 Å². The van der Waals surface area contributed by atoms with E-state index in [2.05, 4.69) is 172 Å². The maximum atomic E-state index is 12.3. The van der Waals surface area contributed by atoms with E-state index in [-0.39, 0.29) is 25.2 Å². The summed E-state index contributed by atoms with van der Waals surface area (Å²) in [5.41, 5.74) is 0. The third-order valence-electron chi connectivity index (χ3n) is 11.3. The van der Waals surface area contributed by atoms with Gasteiger partial charge in [-0.3, -0.25) is 9.59 Å². The first-order valence-electron chi connectivity index (χ1n) is 28.0. The van der Waals surface area contributed by atoms with Crippen molar-refractivity contribution in [3.63, 3.8) is 0 Å². The maximum absolute atomic E-state index is 12.3. The highest BCUT2D eigenvalue weighted by molar-refractivity contribution is 5.70. The lowest BCUT2D eigenvalue weighted by molar-refractivity contribution is -0.161. The second-order valence-corrected chi connectivity index (χ2v) is 17.9. The number of allylic oxidation sites excluding steroid dienone is 26. The van der Waals surface area contributed by atoms with Crippen LogP contribution in [0.1, 0.15) is 219 Å². The molecule has 0 aromatic heterocycles. The summed E-state index contributed by atoms with van der Waals surface area (Å²) in [5, 5.41) is 9.64. The van der Waals surface area contributed by atoms with Crippen molar-refractivity contribution in [3.05, 3.63) is 158 Å². The molecule has 0 bridgehead atoms. The summed E-state index contributed by atoms with van der Waals surface area (Å²) >= 11 is 0. The fraction of sp³-hybridized carbons (Fsp3) is 0.569. The molecule has 1 unspecified atom stereocenters. The fourth-order valence-electron chi connectivity index (χ4n) is 7.18. The Morgan fingerprint density at radius 2 is 0.571 bits per heavy atom. The second-order valence-electron chi connectivity index (χ2n) is 17.9. The average Bonchev–Trinajstić information content (AvgIpc) is 3.36. The van der Waals surface area contributed by atoms with Gasteiger partial charge in [0.25, 0.3) is 0 Å². The Hall–Kier alpha value is -4.48. The standard InChI is InChI=1S/C65H102O5/c1-3-5-7-9-11-13-15-17-19-21-23-24-25-26-27-28-29-30-31-32-33-34-35-36-37-38-39-40-42-44-46-48-50-52-54-56-58-60-65(68)70-63(61-66)62-69-64(67)59-57-55-53-51-49-47-45-43-41-22-20-18-16-14-12-10-8-6-4-2/h5-8,11-14,17-20,23-24,26-27,29-30,32-33,35-36,38-39,41,43,63,66H,3-4,9-10,15-16,21-22,25,28,31,34,37,40,42,44-62H2,1-2H3/b7-5-,8-6-,13-11-,14-12-,19-17-,20-18-,24-23-,27-26-,30-29-,33-32-,36-35-,39-38-,43-41-. The van der Waals surface area contributed by atoms with E-state index < -0.39 is 6.10 Å². The van der Waals surface area contributed by atoms with Crippen LogP contribution in [0.25, 0.3) is 0 Å². The highest BCUT2D eigenvalue weighted by Gasteiger charge is 2.16. The lowest BCUT2D eigenvalue weighted by Gasteiger charge is -2.15. The molecule has 0 aromatic rings. The molecular formula is C65H102O5. The molecular weight excluding hydrogens is 861 g/mol. The van der Waals surface area contributed by atoms with Crippen LogP contribution in [0, 0.1) is 0 Å². The summed E-state index contributed by atoms with van der Waals surface area (Å²) in [6, 6.07) is 0. The molecule has 70 heavy (non-hydrogen) atoms. The zero-order valence-electron chi connectivity index (χ0n) is 44.7. The predicted octanol–water partition coefficient (Wildman–Crippen LogP) is 19.2. The van der Waals surface area contributed by atoms with Crippen molar-refractivity contribution in [2.75, 3.05) is 13.2 Å². The van der Waals surface area contributed by atoms with Crippen LogP contribution >= 0.6 is 0 Å². The molecule has 0 heterocycles. The molecule has 0 aromatic carbocycles. The summed E-state index contributed by atoms with van der Waals surface area (Å²) in [7, 11) is 0. The van der Waals surface area contributed by atoms with E-state index in [0.717, 1.165) is 135 Å². The summed E-state index contributed by atoms with van der Waals surface area (Å²) in [6.07, 6.45) is 90.6. The monoisotopic (exact) mass is 963 g/mol. The number of unbranched alkanes of at least 4 members (excludes halogenated alkanes) is 15. The molecule has 0 spiro atoms. The summed E-state index contributed by atoms with van der Waals surface area (Å²) in [4.78, 5) is 24.5. The number of hydrogen-bond donors (Lipinski definition) is 1. The minimum absolute atomic E-state index is 0.0856. The Labute approximate surface area is 430 Å². The molecule has 1 atom stereocenters. The first-order valence-corrected chi connectivity index (χ1v) is 28.0. The summed E-state index contributed by atoms with van der Waals surface area (Å²) in [6.45, 7) is 3.89. The van der Waals surface area contributed by atoms with E-state index >= 15 is 0 Å². The zero-order valence-corrected chi connectivity index (χ0v) is 44.7. The first kappa shape index (κ1) is 65.5. The first-order chi connectivity index (χ1) is 34.6. The average molecular weight is 964 g/mol. The van der Waals surface area contributed by atoms with Crippen LogP contribution in [0.2, 0.25) is 0 Å². The van der Waals surface area contributed by atoms with Crippen molar-refractivity contribution >= 4 is 11.9 Å². The van der Waals surface area contributed by atoms with Gasteiger partial charge in [-0.1, -0.05) is 242 Å². The molecule has 5 nitrogen and oxygen atoms in total. The van der Waals surface area contributed by atoms with Crippen molar-refractivity contribution in [2.24, 2.45) is 0 Å². The van der Waals surface area contributed by atoms with E-state index in [0.29, 0.717) is 12.8 Å². The van der Waals surface area contributed by atoms with Crippen LogP contribution < -0.4 is 0 Å². The number of aliphatic hydroxyl groups is 1. The van der Waals surface area contributed by atoms with E-state index in [4.69, 9.17) is 9.47 Å². The van der Waals surface area contributed by atoms with Crippen LogP contribution in [-0.2, 0) is 19.1 Å².